The van der Waals surface area contributed by atoms with Crippen LogP contribution in [0.2, 0.25) is 0 Å². The maximum absolute atomic E-state index is 11.9. The molecule has 80 valence electrons. The molecule has 6 heteroatoms. The molecule has 0 saturated carbocycles. The number of hydrogen-bond donors (Lipinski definition) is 0. The van der Waals surface area contributed by atoms with E-state index in [1.54, 1.807) is 19.9 Å². The summed E-state index contributed by atoms with van der Waals surface area (Å²) in [5, 5.41) is 8.62. The molecule has 0 amide bonds. The lowest BCUT2D eigenvalue weighted by atomic mass is 10.1. The molecule has 0 bridgehead atoms. The van der Waals surface area contributed by atoms with E-state index in [9.17, 15) is 13.2 Å². The van der Waals surface area contributed by atoms with Gasteiger partial charge < -0.3 is 4.74 Å². The topological polar surface area (TPSA) is 45.9 Å². The molecule has 0 N–H and O–H groups in total. The first-order valence-corrected chi connectivity index (χ1v) is 3.97. The van der Waals surface area contributed by atoms with Crippen LogP contribution in [0.15, 0.2) is 6.07 Å². The molecule has 15 heavy (non-hydrogen) atoms. The third kappa shape index (κ3) is 2.84. The Hall–Kier alpha value is -1.77. The molecule has 0 radical (unpaired) electrons. The zero-order valence-corrected chi connectivity index (χ0v) is 8.01. The fourth-order valence-corrected chi connectivity index (χ4v) is 0.986. The van der Waals surface area contributed by atoms with Crippen molar-refractivity contribution in [3.8, 4) is 11.9 Å². The second-order valence-corrected chi connectivity index (χ2v) is 2.91. The Labute approximate surface area is 84.1 Å². The van der Waals surface area contributed by atoms with E-state index >= 15 is 0 Å². The Kier molecular flexibility index (Phi) is 2.84. The zero-order valence-electron chi connectivity index (χ0n) is 8.01. The predicted octanol–water partition coefficient (Wildman–Crippen LogP) is 2.47. The second-order valence-electron chi connectivity index (χ2n) is 2.91. The van der Waals surface area contributed by atoms with Gasteiger partial charge in [-0.3, -0.25) is 0 Å². The highest BCUT2D eigenvalue weighted by molar-refractivity contribution is 5.39. The minimum Gasteiger partial charge on any atom is -0.388 e. The third-order valence-corrected chi connectivity index (χ3v) is 1.83. The van der Waals surface area contributed by atoms with E-state index in [2.05, 4.69) is 9.72 Å². The molecule has 1 heterocycles. The zero-order chi connectivity index (χ0) is 11.6. The van der Waals surface area contributed by atoms with E-state index in [4.69, 9.17) is 5.26 Å². The number of hydrogen-bond acceptors (Lipinski definition) is 3. The minimum atomic E-state index is -4.79. The van der Waals surface area contributed by atoms with E-state index in [0.29, 0.717) is 11.1 Å². The van der Waals surface area contributed by atoms with Crippen LogP contribution in [0.3, 0.4) is 0 Å². The summed E-state index contributed by atoms with van der Waals surface area (Å²) in [7, 11) is 0. The molecule has 0 atom stereocenters. The number of halogens is 3. The predicted molar refractivity (Wildman–Crippen MR) is 45.1 cm³/mol. The van der Waals surface area contributed by atoms with Gasteiger partial charge in [-0.1, -0.05) is 0 Å². The molecule has 1 rings (SSSR count). The first-order chi connectivity index (χ1) is 6.83. The van der Waals surface area contributed by atoms with Gasteiger partial charge in [-0.15, -0.1) is 13.2 Å². The number of ether oxygens (including phenoxy) is 1. The Morgan fingerprint density at radius 3 is 2.47 bits per heavy atom. The number of nitriles is 1. The molecule has 3 nitrogen and oxygen atoms in total. The van der Waals surface area contributed by atoms with Crippen molar-refractivity contribution in [1.82, 2.24) is 4.98 Å². The molecule has 0 aliphatic carbocycles. The van der Waals surface area contributed by atoms with Crippen LogP contribution in [0.5, 0.6) is 5.88 Å². The van der Waals surface area contributed by atoms with Crippen molar-refractivity contribution in [2.24, 2.45) is 0 Å². The number of pyridine rings is 1. The van der Waals surface area contributed by atoms with E-state index < -0.39 is 12.2 Å². The molecular formula is C9H7F3N2O. The molecule has 1 aromatic rings. The minimum absolute atomic E-state index is 0.0609. The molecule has 0 saturated heterocycles. The van der Waals surface area contributed by atoms with Gasteiger partial charge in [-0.05, 0) is 25.0 Å². The summed E-state index contributed by atoms with van der Waals surface area (Å²) >= 11 is 0. The number of aryl methyl sites for hydroxylation is 1. The smallest absolute Gasteiger partial charge is 0.388 e. The van der Waals surface area contributed by atoms with Crippen LogP contribution in [0.25, 0.3) is 0 Å². The average molecular weight is 216 g/mol. The van der Waals surface area contributed by atoms with Crippen LogP contribution in [0.1, 0.15) is 16.8 Å². The van der Waals surface area contributed by atoms with Crippen LogP contribution in [-0.2, 0) is 0 Å². The summed E-state index contributed by atoms with van der Waals surface area (Å²) in [5.74, 6) is -0.609. The standard InChI is InChI=1S/C9H7F3N2O/c1-5-3-8(15-9(10,11)12)14-7(4-13)6(5)2/h3H,1-2H3. The first kappa shape index (κ1) is 11.3. The Morgan fingerprint density at radius 2 is 2.00 bits per heavy atom. The van der Waals surface area contributed by atoms with Crippen LogP contribution >= 0.6 is 0 Å². The highest BCUT2D eigenvalue weighted by Gasteiger charge is 2.32. The van der Waals surface area contributed by atoms with E-state index in [-0.39, 0.29) is 5.69 Å². The van der Waals surface area contributed by atoms with Gasteiger partial charge in [0.05, 0.1) is 0 Å². The molecule has 0 fully saturated rings. The Bertz CT molecular complexity index is 421. The lowest BCUT2D eigenvalue weighted by Gasteiger charge is -2.10. The highest BCUT2D eigenvalue weighted by Crippen LogP contribution is 2.23. The lowest BCUT2D eigenvalue weighted by molar-refractivity contribution is -0.276. The van der Waals surface area contributed by atoms with Gasteiger partial charge in [-0.25, -0.2) is 4.98 Å². The summed E-state index contributed by atoms with van der Waals surface area (Å²) in [5.41, 5.74) is 1.02. The normalized spacial score (nSPS) is 10.9. The first-order valence-electron chi connectivity index (χ1n) is 3.97. The van der Waals surface area contributed by atoms with Crippen LogP contribution in [0, 0.1) is 25.2 Å². The summed E-state index contributed by atoms with van der Waals surface area (Å²) in [4.78, 5) is 3.43. The van der Waals surface area contributed by atoms with Gasteiger partial charge in [0.25, 0.3) is 0 Å². The van der Waals surface area contributed by atoms with Gasteiger partial charge >= 0.3 is 6.36 Å². The fourth-order valence-electron chi connectivity index (χ4n) is 0.986. The SMILES string of the molecule is Cc1cc(OC(F)(F)F)nc(C#N)c1C. The Balaban J connectivity index is 3.13. The van der Waals surface area contributed by atoms with E-state index in [0.717, 1.165) is 6.07 Å². The number of rotatable bonds is 1. The van der Waals surface area contributed by atoms with Crippen molar-refractivity contribution < 1.29 is 17.9 Å². The molecule has 0 aromatic carbocycles. The average Bonchev–Trinajstić information content (AvgIpc) is 2.08. The van der Waals surface area contributed by atoms with Crippen molar-refractivity contribution in [3.05, 3.63) is 22.9 Å². The Morgan fingerprint density at radius 1 is 1.40 bits per heavy atom. The van der Waals surface area contributed by atoms with Crippen molar-refractivity contribution >= 4 is 0 Å². The second kappa shape index (κ2) is 3.77. The van der Waals surface area contributed by atoms with E-state index in [1.165, 1.54) is 0 Å². The molecule has 0 unspecified atom stereocenters. The van der Waals surface area contributed by atoms with Crippen molar-refractivity contribution in [1.29, 1.82) is 5.26 Å². The van der Waals surface area contributed by atoms with Crippen LogP contribution in [0.4, 0.5) is 13.2 Å². The maximum atomic E-state index is 11.9. The summed E-state index contributed by atoms with van der Waals surface area (Å²) < 4.78 is 39.2. The summed E-state index contributed by atoms with van der Waals surface area (Å²) in [6.07, 6.45) is -4.79. The monoisotopic (exact) mass is 216 g/mol. The van der Waals surface area contributed by atoms with Crippen molar-refractivity contribution in [3.63, 3.8) is 0 Å². The van der Waals surface area contributed by atoms with E-state index in [1.807, 2.05) is 0 Å². The summed E-state index contributed by atoms with van der Waals surface area (Å²) in [6.45, 7) is 3.19. The fraction of sp³-hybridized carbons (Fsp3) is 0.333. The van der Waals surface area contributed by atoms with Crippen molar-refractivity contribution in [2.75, 3.05) is 0 Å². The molecule has 0 aliphatic rings. The van der Waals surface area contributed by atoms with Crippen molar-refractivity contribution in [2.45, 2.75) is 20.2 Å². The third-order valence-electron chi connectivity index (χ3n) is 1.83. The molecular weight excluding hydrogens is 209 g/mol. The maximum Gasteiger partial charge on any atom is 0.574 e. The van der Waals surface area contributed by atoms with Gasteiger partial charge in [0.1, 0.15) is 11.8 Å². The number of alkyl halides is 3. The highest BCUT2D eigenvalue weighted by atomic mass is 19.4. The van der Waals surface area contributed by atoms with Gasteiger partial charge in [0.15, 0.2) is 0 Å². The van der Waals surface area contributed by atoms with Gasteiger partial charge in [-0.2, -0.15) is 5.26 Å². The van der Waals surface area contributed by atoms with Crippen LogP contribution < -0.4 is 4.74 Å². The molecule has 0 aliphatic heterocycles. The quantitative estimate of drug-likeness (QED) is 0.724. The number of nitrogens with zero attached hydrogens (tertiary/aromatic N) is 2. The molecule has 0 spiro atoms. The number of aromatic nitrogens is 1. The van der Waals surface area contributed by atoms with Gasteiger partial charge in [0.2, 0.25) is 5.88 Å². The summed E-state index contributed by atoms with van der Waals surface area (Å²) in [6, 6.07) is 2.85. The van der Waals surface area contributed by atoms with Gasteiger partial charge in [0, 0.05) is 6.07 Å². The molecule has 1 aromatic heterocycles. The van der Waals surface area contributed by atoms with Crippen LogP contribution in [-0.4, -0.2) is 11.3 Å². The largest absolute Gasteiger partial charge is 0.574 e. The lowest BCUT2D eigenvalue weighted by Crippen LogP contribution is -2.18.